The van der Waals surface area contributed by atoms with E-state index in [1.54, 1.807) is 0 Å². The van der Waals surface area contributed by atoms with Gasteiger partial charge in [0.2, 0.25) is 5.91 Å². The second-order valence-corrected chi connectivity index (χ2v) is 5.57. The number of piperazine rings is 1. The molecule has 21 heavy (non-hydrogen) atoms. The molecule has 0 aromatic rings. The van der Waals surface area contributed by atoms with Crippen molar-refractivity contribution in [3.63, 3.8) is 0 Å². The highest BCUT2D eigenvalue weighted by Crippen LogP contribution is 2.19. The summed E-state index contributed by atoms with van der Waals surface area (Å²) in [6.07, 6.45) is 0. The molecule has 2 rings (SSSR count). The van der Waals surface area contributed by atoms with Gasteiger partial charge in [-0.3, -0.25) is 9.69 Å². The number of nitrogens with one attached hydrogen (secondary N) is 1. The second kappa shape index (κ2) is 10.6. The number of carbonyl (C=O) groups excluding carboxylic acids is 1. The zero-order valence-corrected chi connectivity index (χ0v) is 14.7. The third-order valence-electron chi connectivity index (χ3n) is 4.35. The van der Waals surface area contributed by atoms with Crippen LogP contribution < -0.4 is 5.32 Å². The van der Waals surface area contributed by atoms with Gasteiger partial charge in [0.1, 0.15) is 0 Å². The molecule has 0 bridgehead atoms. The Morgan fingerprint density at radius 3 is 2.33 bits per heavy atom. The summed E-state index contributed by atoms with van der Waals surface area (Å²) in [5.41, 5.74) is 0. The average molecular weight is 342 g/mol. The molecule has 5 nitrogen and oxygen atoms in total. The van der Waals surface area contributed by atoms with Crippen molar-refractivity contribution in [1.29, 1.82) is 0 Å². The Bertz CT molecular complexity index is 296. The smallest absolute Gasteiger partial charge is 0.225 e. The van der Waals surface area contributed by atoms with Gasteiger partial charge in [0.25, 0.3) is 0 Å². The van der Waals surface area contributed by atoms with Crippen LogP contribution in [-0.4, -0.2) is 74.7 Å². The Kier molecular flexibility index (Phi) is 10.6. The van der Waals surface area contributed by atoms with Crippen LogP contribution >= 0.6 is 24.8 Å². The number of rotatable bonds is 6. The molecule has 1 amide bonds. The van der Waals surface area contributed by atoms with Crippen molar-refractivity contribution in [2.45, 2.75) is 13.8 Å². The van der Waals surface area contributed by atoms with Crippen LogP contribution in [0.2, 0.25) is 0 Å². The lowest BCUT2D eigenvalue weighted by atomic mass is 9.88. The summed E-state index contributed by atoms with van der Waals surface area (Å²) in [4.78, 5) is 16.8. The minimum Gasteiger partial charge on any atom is -0.380 e. The summed E-state index contributed by atoms with van der Waals surface area (Å²) < 4.78 is 5.37. The number of halogens is 2. The molecule has 0 aliphatic carbocycles. The zero-order chi connectivity index (χ0) is 13.7. The van der Waals surface area contributed by atoms with E-state index in [-0.39, 0.29) is 30.7 Å². The molecule has 0 saturated carbocycles. The third kappa shape index (κ3) is 5.91. The Labute approximate surface area is 140 Å². The van der Waals surface area contributed by atoms with Crippen LogP contribution in [-0.2, 0) is 9.53 Å². The molecular weight excluding hydrogens is 313 g/mol. The zero-order valence-electron chi connectivity index (χ0n) is 13.0. The molecule has 1 unspecified atom stereocenters. The molecule has 0 aromatic carbocycles. The summed E-state index contributed by atoms with van der Waals surface area (Å²) in [6, 6.07) is 0. The Balaban J connectivity index is 0.00000200. The molecule has 1 N–H and O–H groups in total. The van der Waals surface area contributed by atoms with Gasteiger partial charge < -0.3 is 15.0 Å². The Morgan fingerprint density at radius 1 is 1.24 bits per heavy atom. The van der Waals surface area contributed by atoms with Gasteiger partial charge in [-0.05, 0) is 25.9 Å². The summed E-state index contributed by atoms with van der Waals surface area (Å²) in [5.74, 6) is 1.07. The van der Waals surface area contributed by atoms with Crippen LogP contribution in [0.4, 0.5) is 0 Å². The number of carbonyl (C=O) groups is 1. The molecule has 0 spiro atoms. The molecule has 126 valence electrons. The summed E-state index contributed by atoms with van der Waals surface area (Å²) >= 11 is 0. The second-order valence-electron chi connectivity index (χ2n) is 5.57. The Hall–Kier alpha value is -0.0700. The lowest BCUT2D eigenvalue weighted by molar-refractivity contribution is -0.139. The molecule has 2 saturated heterocycles. The highest BCUT2D eigenvalue weighted by atomic mass is 35.5. The molecule has 0 radical (unpaired) electrons. The van der Waals surface area contributed by atoms with E-state index in [2.05, 4.69) is 17.1 Å². The summed E-state index contributed by atoms with van der Waals surface area (Å²) in [5, 5.41) is 3.24. The van der Waals surface area contributed by atoms with Crippen LogP contribution in [0.25, 0.3) is 0 Å². The van der Waals surface area contributed by atoms with Crippen molar-refractivity contribution in [2.75, 3.05) is 59.0 Å². The third-order valence-corrected chi connectivity index (χ3v) is 4.35. The topological polar surface area (TPSA) is 44.8 Å². The standard InChI is InChI=1S/C14H27N3O2.2ClH/c1-3-19-9-8-16-4-6-17(7-5-16)14(18)12(2)13-10-15-11-13;;/h12-13,15H,3-11H2,1-2H3;2*1H. The fourth-order valence-corrected chi connectivity index (χ4v) is 2.68. The maximum atomic E-state index is 12.4. The summed E-state index contributed by atoms with van der Waals surface area (Å²) in [6.45, 7) is 12.4. The number of hydrogen-bond acceptors (Lipinski definition) is 4. The lowest BCUT2D eigenvalue weighted by Crippen LogP contribution is -2.54. The van der Waals surface area contributed by atoms with Gasteiger partial charge in [-0.1, -0.05) is 6.92 Å². The fourth-order valence-electron chi connectivity index (χ4n) is 2.68. The minimum absolute atomic E-state index is 0. The van der Waals surface area contributed by atoms with E-state index in [0.29, 0.717) is 11.8 Å². The summed E-state index contributed by atoms with van der Waals surface area (Å²) in [7, 11) is 0. The van der Waals surface area contributed by atoms with Crippen molar-refractivity contribution >= 4 is 30.7 Å². The number of nitrogens with zero attached hydrogens (tertiary/aromatic N) is 2. The van der Waals surface area contributed by atoms with E-state index in [0.717, 1.165) is 59.0 Å². The molecule has 2 aliphatic rings. The first-order valence-electron chi connectivity index (χ1n) is 7.52. The number of amides is 1. The molecule has 2 heterocycles. The van der Waals surface area contributed by atoms with Gasteiger partial charge >= 0.3 is 0 Å². The minimum atomic E-state index is 0. The maximum Gasteiger partial charge on any atom is 0.225 e. The molecule has 0 aromatic heterocycles. The predicted octanol–water partition coefficient (Wildman–Crippen LogP) is 0.866. The quantitative estimate of drug-likeness (QED) is 0.728. The van der Waals surface area contributed by atoms with Crippen LogP contribution in [0.5, 0.6) is 0 Å². The molecule has 2 aliphatic heterocycles. The normalized spacial score (nSPS) is 21.0. The van der Waals surface area contributed by atoms with E-state index in [1.807, 2.05) is 11.8 Å². The van der Waals surface area contributed by atoms with E-state index < -0.39 is 0 Å². The first kappa shape index (κ1) is 20.9. The van der Waals surface area contributed by atoms with Crippen molar-refractivity contribution in [3.05, 3.63) is 0 Å². The number of hydrogen-bond donors (Lipinski definition) is 1. The fraction of sp³-hybridized carbons (Fsp3) is 0.929. The van der Waals surface area contributed by atoms with Gasteiger partial charge in [0.15, 0.2) is 0 Å². The first-order chi connectivity index (χ1) is 9.22. The van der Waals surface area contributed by atoms with E-state index >= 15 is 0 Å². The van der Waals surface area contributed by atoms with Gasteiger partial charge in [0, 0.05) is 45.2 Å². The van der Waals surface area contributed by atoms with E-state index in [1.165, 1.54) is 0 Å². The average Bonchev–Trinajstić information content (AvgIpc) is 2.37. The Morgan fingerprint density at radius 2 is 1.86 bits per heavy atom. The van der Waals surface area contributed by atoms with Crippen LogP contribution in [0.1, 0.15) is 13.8 Å². The molecule has 1 atom stereocenters. The highest BCUT2D eigenvalue weighted by Gasteiger charge is 2.32. The maximum absolute atomic E-state index is 12.4. The first-order valence-corrected chi connectivity index (χ1v) is 7.52. The van der Waals surface area contributed by atoms with Crippen molar-refractivity contribution < 1.29 is 9.53 Å². The monoisotopic (exact) mass is 341 g/mol. The van der Waals surface area contributed by atoms with Gasteiger partial charge in [-0.25, -0.2) is 0 Å². The SMILES string of the molecule is CCOCCN1CCN(C(=O)C(C)C2CNC2)CC1.Cl.Cl. The van der Waals surface area contributed by atoms with Crippen LogP contribution in [0.15, 0.2) is 0 Å². The van der Waals surface area contributed by atoms with Crippen molar-refractivity contribution in [3.8, 4) is 0 Å². The van der Waals surface area contributed by atoms with E-state index in [4.69, 9.17) is 4.74 Å². The van der Waals surface area contributed by atoms with Gasteiger partial charge in [0.05, 0.1) is 6.61 Å². The van der Waals surface area contributed by atoms with E-state index in [9.17, 15) is 4.79 Å². The largest absolute Gasteiger partial charge is 0.380 e. The predicted molar refractivity (Wildman–Crippen MR) is 89.5 cm³/mol. The van der Waals surface area contributed by atoms with Crippen LogP contribution in [0, 0.1) is 11.8 Å². The molecule has 2 fully saturated rings. The van der Waals surface area contributed by atoms with Crippen molar-refractivity contribution in [1.82, 2.24) is 15.1 Å². The molecular formula is C14H29Cl2N3O2. The highest BCUT2D eigenvalue weighted by molar-refractivity contribution is 5.85. The van der Waals surface area contributed by atoms with Crippen LogP contribution in [0.3, 0.4) is 0 Å². The van der Waals surface area contributed by atoms with Crippen molar-refractivity contribution in [2.24, 2.45) is 11.8 Å². The molecule has 7 heteroatoms. The van der Waals surface area contributed by atoms with Gasteiger partial charge in [-0.15, -0.1) is 24.8 Å². The number of ether oxygens (including phenoxy) is 1. The van der Waals surface area contributed by atoms with Gasteiger partial charge in [-0.2, -0.15) is 0 Å². The lowest BCUT2D eigenvalue weighted by Gasteiger charge is -2.39.